The van der Waals surface area contributed by atoms with Gasteiger partial charge in [0.1, 0.15) is 11.5 Å². The maximum absolute atomic E-state index is 12.8. The summed E-state index contributed by atoms with van der Waals surface area (Å²) >= 11 is 0. The predicted octanol–water partition coefficient (Wildman–Crippen LogP) is 5.68. The molecule has 194 valence electrons. The Morgan fingerprint density at radius 2 is 1.63 bits per heavy atom. The summed E-state index contributed by atoms with van der Waals surface area (Å²) in [4.78, 5) is 17.5. The number of hydrogen-bond acceptors (Lipinski definition) is 6. The van der Waals surface area contributed by atoms with Crippen LogP contribution in [0.25, 0.3) is 11.3 Å². The van der Waals surface area contributed by atoms with E-state index < -0.39 is 0 Å². The highest BCUT2D eigenvalue weighted by molar-refractivity contribution is 5.83. The normalized spacial score (nSPS) is 11.9. The largest absolute Gasteiger partial charge is 0.493 e. The number of Topliss-reactive ketones (excluding diaryl/α,β-unsaturated/α-hetero) is 1. The zero-order valence-corrected chi connectivity index (χ0v) is 21.7. The van der Waals surface area contributed by atoms with Gasteiger partial charge in [0.25, 0.3) is 0 Å². The van der Waals surface area contributed by atoms with Crippen LogP contribution in [0.1, 0.15) is 22.3 Å². The van der Waals surface area contributed by atoms with Gasteiger partial charge in [0, 0.05) is 37.3 Å². The smallest absolute Gasteiger partial charge is 0.213 e. The van der Waals surface area contributed by atoms with E-state index in [2.05, 4.69) is 6.07 Å². The van der Waals surface area contributed by atoms with Crippen LogP contribution in [0.15, 0.2) is 78.9 Å². The molecule has 4 aromatic rings. The average Bonchev–Trinajstić information content (AvgIpc) is 3.41. The van der Waals surface area contributed by atoms with E-state index >= 15 is 0 Å². The van der Waals surface area contributed by atoms with Crippen molar-refractivity contribution in [3.8, 4) is 34.4 Å². The van der Waals surface area contributed by atoms with Crippen LogP contribution in [-0.4, -0.2) is 38.2 Å². The molecule has 1 aliphatic heterocycles. The van der Waals surface area contributed by atoms with Gasteiger partial charge in [0.2, 0.25) is 5.88 Å². The molecule has 3 aromatic carbocycles. The van der Waals surface area contributed by atoms with E-state index in [1.807, 2.05) is 72.8 Å². The number of hydrogen-bond donors (Lipinski definition) is 0. The van der Waals surface area contributed by atoms with Crippen molar-refractivity contribution in [2.75, 3.05) is 27.4 Å². The summed E-state index contributed by atoms with van der Waals surface area (Å²) in [5.74, 6) is 3.08. The van der Waals surface area contributed by atoms with Crippen LogP contribution in [0.3, 0.4) is 0 Å². The molecule has 6 heteroatoms. The van der Waals surface area contributed by atoms with Gasteiger partial charge >= 0.3 is 0 Å². The average molecular weight is 510 g/mol. The summed E-state index contributed by atoms with van der Waals surface area (Å²) in [6.45, 7) is 1.20. The molecule has 1 aromatic heterocycles. The van der Waals surface area contributed by atoms with Crippen molar-refractivity contribution in [1.82, 2.24) is 4.98 Å². The van der Waals surface area contributed by atoms with Gasteiger partial charge in [-0.1, -0.05) is 42.5 Å². The van der Waals surface area contributed by atoms with Gasteiger partial charge in [-0.2, -0.15) is 0 Å². The van der Waals surface area contributed by atoms with E-state index in [1.54, 1.807) is 14.2 Å². The summed E-state index contributed by atoms with van der Waals surface area (Å²) in [6, 6.07) is 25.6. The minimum Gasteiger partial charge on any atom is -0.493 e. The highest BCUT2D eigenvalue weighted by Crippen LogP contribution is 2.28. The fourth-order valence-electron chi connectivity index (χ4n) is 4.67. The second-order valence-corrected chi connectivity index (χ2v) is 9.28. The molecular weight excluding hydrogens is 478 g/mol. The molecule has 0 bridgehead atoms. The number of ketones is 1. The Kier molecular flexibility index (Phi) is 7.88. The molecule has 6 nitrogen and oxygen atoms in total. The lowest BCUT2D eigenvalue weighted by atomic mass is 9.99. The summed E-state index contributed by atoms with van der Waals surface area (Å²) in [7, 11) is 3.25. The fourth-order valence-corrected chi connectivity index (χ4v) is 4.67. The molecule has 0 fully saturated rings. The molecule has 1 aliphatic rings. The van der Waals surface area contributed by atoms with E-state index in [9.17, 15) is 4.79 Å². The Hall–Kier alpha value is -4.32. The number of nitrogens with zero attached hydrogens (tertiary/aromatic N) is 1. The first-order valence-corrected chi connectivity index (χ1v) is 12.8. The molecule has 0 spiro atoms. The lowest BCUT2D eigenvalue weighted by Crippen LogP contribution is -2.07. The summed E-state index contributed by atoms with van der Waals surface area (Å²) in [5.41, 5.74) is 6.05. The third kappa shape index (κ3) is 6.14. The molecule has 0 amide bonds. The van der Waals surface area contributed by atoms with Gasteiger partial charge in [0.05, 0.1) is 33.1 Å². The fraction of sp³-hybridized carbons (Fsp3) is 0.250. The van der Waals surface area contributed by atoms with Crippen molar-refractivity contribution >= 4 is 5.78 Å². The molecule has 0 unspecified atom stereocenters. The van der Waals surface area contributed by atoms with E-state index in [-0.39, 0.29) is 5.78 Å². The number of aromatic nitrogens is 1. The standard InChI is InChI=1S/C32H31NO5/c1-35-30-12-9-22(21-31(30)36-2)13-15-38-32-8-4-7-28(33-32)25-6-3-5-23(17-25)19-27(34)20-24-10-11-29-26(18-24)14-16-37-29/h3-12,17-18,21H,13-16,19-20H2,1-2H3. The molecule has 38 heavy (non-hydrogen) atoms. The van der Waals surface area contributed by atoms with Crippen LogP contribution in [0.4, 0.5) is 0 Å². The highest BCUT2D eigenvalue weighted by atomic mass is 16.5. The van der Waals surface area contributed by atoms with Crippen molar-refractivity contribution in [2.24, 2.45) is 0 Å². The zero-order chi connectivity index (χ0) is 26.3. The first-order valence-electron chi connectivity index (χ1n) is 12.8. The van der Waals surface area contributed by atoms with Crippen molar-refractivity contribution < 1.29 is 23.7 Å². The van der Waals surface area contributed by atoms with Gasteiger partial charge in [-0.05, 0) is 52.6 Å². The van der Waals surface area contributed by atoms with Crippen molar-refractivity contribution in [2.45, 2.75) is 25.7 Å². The summed E-state index contributed by atoms with van der Waals surface area (Å²) in [5, 5.41) is 0. The Morgan fingerprint density at radius 3 is 2.47 bits per heavy atom. The minimum atomic E-state index is 0.182. The van der Waals surface area contributed by atoms with Crippen LogP contribution in [0, 0.1) is 0 Å². The quantitative estimate of drug-likeness (QED) is 0.259. The lowest BCUT2D eigenvalue weighted by molar-refractivity contribution is -0.117. The van der Waals surface area contributed by atoms with Crippen LogP contribution in [0.2, 0.25) is 0 Å². The number of fused-ring (bicyclic) bond motifs is 1. The van der Waals surface area contributed by atoms with Gasteiger partial charge < -0.3 is 18.9 Å². The maximum atomic E-state index is 12.8. The molecular formula is C32H31NO5. The Labute approximate surface area is 223 Å². The van der Waals surface area contributed by atoms with Crippen LogP contribution in [0.5, 0.6) is 23.1 Å². The Balaban J connectivity index is 1.19. The molecule has 0 saturated heterocycles. The first-order chi connectivity index (χ1) is 18.6. The van der Waals surface area contributed by atoms with E-state index in [4.69, 9.17) is 23.9 Å². The Bertz CT molecular complexity index is 1430. The van der Waals surface area contributed by atoms with E-state index in [0.29, 0.717) is 43.2 Å². The number of methoxy groups -OCH3 is 2. The van der Waals surface area contributed by atoms with Crippen molar-refractivity contribution in [3.05, 3.63) is 101 Å². The second-order valence-electron chi connectivity index (χ2n) is 9.28. The monoisotopic (exact) mass is 509 g/mol. The number of carbonyl (C=O) groups is 1. The summed E-state index contributed by atoms with van der Waals surface area (Å²) in [6.07, 6.45) is 2.41. The SMILES string of the molecule is COc1ccc(CCOc2cccc(-c3cccc(CC(=O)Cc4ccc5c(c4)CCO5)c3)n2)cc1OC. The Morgan fingerprint density at radius 1 is 0.842 bits per heavy atom. The van der Waals surface area contributed by atoms with Crippen LogP contribution < -0.4 is 18.9 Å². The lowest BCUT2D eigenvalue weighted by Gasteiger charge is -2.11. The molecule has 0 aliphatic carbocycles. The molecule has 0 atom stereocenters. The minimum absolute atomic E-state index is 0.182. The number of ether oxygens (including phenoxy) is 4. The number of benzene rings is 3. The molecule has 2 heterocycles. The molecule has 0 N–H and O–H groups in total. The van der Waals surface area contributed by atoms with E-state index in [1.165, 1.54) is 5.56 Å². The third-order valence-corrected chi connectivity index (χ3v) is 6.59. The third-order valence-electron chi connectivity index (χ3n) is 6.59. The second kappa shape index (κ2) is 11.8. The van der Waals surface area contributed by atoms with Gasteiger partial charge in [-0.25, -0.2) is 4.98 Å². The number of pyridine rings is 1. The van der Waals surface area contributed by atoms with E-state index in [0.717, 1.165) is 46.7 Å². The van der Waals surface area contributed by atoms with Crippen LogP contribution in [-0.2, 0) is 30.5 Å². The van der Waals surface area contributed by atoms with Gasteiger partial charge in [-0.15, -0.1) is 0 Å². The van der Waals surface area contributed by atoms with Crippen molar-refractivity contribution in [1.29, 1.82) is 0 Å². The summed E-state index contributed by atoms with van der Waals surface area (Å²) < 4.78 is 22.2. The topological polar surface area (TPSA) is 66.9 Å². The van der Waals surface area contributed by atoms with Crippen molar-refractivity contribution in [3.63, 3.8) is 0 Å². The van der Waals surface area contributed by atoms with Gasteiger partial charge in [-0.3, -0.25) is 4.79 Å². The number of carbonyl (C=O) groups excluding carboxylic acids is 1. The zero-order valence-electron chi connectivity index (χ0n) is 21.7. The highest BCUT2D eigenvalue weighted by Gasteiger charge is 2.14. The maximum Gasteiger partial charge on any atom is 0.213 e. The molecule has 0 radical (unpaired) electrons. The van der Waals surface area contributed by atoms with Gasteiger partial charge in [0.15, 0.2) is 11.5 Å². The number of rotatable bonds is 11. The predicted molar refractivity (Wildman–Crippen MR) is 146 cm³/mol. The van der Waals surface area contributed by atoms with Crippen LogP contribution >= 0.6 is 0 Å². The molecule has 5 rings (SSSR count). The molecule has 0 saturated carbocycles. The first kappa shape index (κ1) is 25.3.